The number of nitrogens with zero attached hydrogens (tertiary/aromatic N) is 4. The highest BCUT2D eigenvalue weighted by molar-refractivity contribution is 6.30. The zero-order valence-electron chi connectivity index (χ0n) is 18.1. The fraction of sp³-hybridized carbons (Fsp3) is 0.522. The summed E-state index contributed by atoms with van der Waals surface area (Å²) in [5.74, 6) is 0.122. The molecule has 1 aromatic heterocycles. The molecule has 2 unspecified atom stereocenters. The second kappa shape index (κ2) is 9.00. The van der Waals surface area contributed by atoms with Crippen molar-refractivity contribution in [3.63, 3.8) is 0 Å². The van der Waals surface area contributed by atoms with Gasteiger partial charge < -0.3 is 19.1 Å². The smallest absolute Gasteiger partial charge is 0.255 e. The minimum absolute atomic E-state index is 0.117. The van der Waals surface area contributed by atoms with Crippen LogP contribution in [0, 0.1) is 0 Å². The van der Waals surface area contributed by atoms with Crippen LogP contribution in [-0.2, 0) is 11.8 Å². The normalized spacial score (nSPS) is 22.9. The number of ether oxygens (including phenoxy) is 1. The number of benzene rings is 1. The molecule has 0 radical (unpaired) electrons. The summed E-state index contributed by atoms with van der Waals surface area (Å²) < 4.78 is 7.99. The average Bonchev–Trinajstić information content (AvgIpc) is 3.10. The summed E-state index contributed by atoms with van der Waals surface area (Å²) in [7, 11) is 3.73. The van der Waals surface area contributed by atoms with Gasteiger partial charge >= 0.3 is 0 Å². The van der Waals surface area contributed by atoms with E-state index in [1.807, 2.05) is 41.0 Å². The second-order valence-electron chi connectivity index (χ2n) is 8.27. The Morgan fingerprint density at radius 1 is 1.10 bits per heavy atom. The Balaban J connectivity index is 1.56. The molecule has 7 heteroatoms. The van der Waals surface area contributed by atoms with E-state index in [9.17, 15) is 4.79 Å². The van der Waals surface area contributed by atoms with Crippen molar-refractivity contribution in [2.75, 3.05) is 51.3 Å². The minimum Gasteiger partial charge on any atom is -0.375 e. The average molecular weight is 431 g/mol. The van der Waals surface area contributed by atoms with E-state index in [-0.39, 0.29) is 18.1 Å². The number of anilines is 1. The molecule has 0 aliphatic carbocycles. The van der Waals surface area contributed by atoms with Gasteiger partial charge in [0.2, 0.25) is 0 Å². The van der Waals surface area contributed by atoms with E-state index in [4.69, 9.17) is 16.3 Å². The van der Waals surface area contributed by atoms with Crippen LogP contribution in [0.15, 0.2) is 36.7 Å². The van der Waals surface area contributed by atoms with Crippen molar-refractivity contribution in [3.05, 3.63) is 52.8 Å². The van der Waals surface area contributed by atoms with Gasteiger partial charge in [-0.15, -0.1) is 0 Å². The third kappa shape index (κ3) is 4.09. The molecule has 2 aliphatic rings. The molecule has 3 heterocycles. The van der Waals surface area contributed by atoms with E-state index >= 15 is 0 Å². The van der Waals surface area contributed by atoms with Gasteiger partial charge in [-0.25, -0.2) is 0 Å². The number of hydrogen-bond donors (Lipinski definition) is 0. The number of aromatic nitrogens is 1. The fourth-order valence-electron chi connectivity index (χ4n) is 4.81. The van der Waals surface area contributed by atoms with Gasteiger partial charge in [0.05, 0.1) is 11.6 Å². The van der Waals surface area contributed by atoms with Crippen LogP contribution >= 0.6 is 11.6 Å². The van der Waals surface area contributed by atoms with Gasteiger partial charge in [0.15, 0.2) is 0 Å². The van der Waals surface area contributed by atoms with E-state index in [0.717, 1.165) is 55.3 Å². The number of amides is 1. The number of halogens is 1. The molecular weight excluding hydrogens is 400 g/mol. The van der Waals surface area contributed by atoms with Crippen LogP contribution in [0.1, 0.15) is 35.4 Å². The third-order valence-electron chi connectivity index (χ3n) is 6.29. The van der Waals surface area contributed by atoms with Crippen LogP contribution in [0.4, 0.5) is 5.69 Å². The largest absolute Gasteiger partial charge is 0.375 e. The number of carbonyl (C=O) groups is 1. The van der Waals surface area contributed by atoms with Crippen LogP contribution in [0.2, 0.25) is 5.02 Å². The predicted molar refractivity (Wildman–Crippen MR) is 120 cm³/mol. The molecule has 6 nitrogen and oxygen atoms in total. The Hall–Kier alpha value is -2.02. The van der Waals surface area contributed by atoms with Crippen molar-refractivity contribution in [1.82, 2.24) is 14.4 Å². The molecule has 4 rings (SSSR count). The molecule has 1 amide bonds. The molecule has 1 fully saturated rings. The number of fused-ring (bicyclic) bond motifs is 1. The van der Waals surface area contributed by atoms with Gasteiger partial charge in [-0.1, -0.05) is 18.5 Å². The van der Waals surface area contributed by atoms with Crippen LogP contribution in [0.5, 0.6) is 0 Å². The second-order valence-corrected chi connectivity index (χ2v) is 8.70. The van der Waals surface area contributed by atoms with Crippen LogP contribution in [0.25, 0.3) is 0 Å². The van der Waals surface area contributed by atoms with Crippen molar-refractivity contribution < 1.29 is 9.53 Å². The van der Waals surface area contributed by atoms with Crippen LogP contribution in [0.3, 0.4) is 0 Å². The van der Waals surface area contributed by atoms with E-state index in [1.54, 1.807) is 7.11 Å². The lowest BCUT2D eigenvalue weighted by atomic mass is 10.0. The number of hydrogen-bond acceptors (Lipinski definition) is 4. The standard InChI is InChI=1S/C23H31ClN4O2/c1-4-9-28-16-21(22(30-3)19-14-25(2)15-20(19)23(28)29)27-12-10-26(11-13-27)18-7-5-17(24)6-8-18/h5-8,14-15,21-22H,4,9-13,16H2,1-3H3. The maximum absolute atomic E-state index is 13.2. The fourth-order valence-corrected chi connectivity index (χ4v) is 4.94. The van der Waals surface area contributed by atoms with Crippen LogP contribution < -0.4 is 4.90 Å². The SMILES string of the molecule is CCCN1CC(N2CCN(c3ccc(Cl)cc3)CC2)C(OC)c2cn(C)cc2C1=O. The first-order valence-corrected chi connectivity index (χ1v) is 11.1. The molecule has 2 aliphatic heterocycles. The highest BCUT2D eigenvalue weighted by Gasteiger charge is 2.39. The van der Waals surface area contributed by atoms with Gasteiger partial charge in [0.1, 0.15) is 6.10 Å². The van der Waals surface area contributed by atoms with Crippen molar-refractivity contribution >= 4 is 23.2 Å². The molecule has 1 saturated heterocycles. The molecule has 2 atom stereocenters. The van der Waals surface area contributed by atoms with Crippen LogP contribution in [-0.4, -0.2) is 72.7 Å². The molecule has 0 bridgehead atoms. The summed E-state index contributed by atoms with van der Waals surface area (Å²) in [6.07, 6.45) is 4.82. The number of aryl methyl sites for hydroxylation is 1. The quantitative estimate of drug-likeness (QED) is 0.728. The van der Waals surface area contributed by atoms with Gasteiger partial charge in [-0.3, -0.25) is 9.69 Å². The summed E-state index contributed by atoms with van der Waals surface area (Å²) in [4.78, 5) is 20.1. The van der Waals surface area contributed by atoms with Crippen molar-refractivity contribution in [2.45, 2.75) is 25.5 Å². The Kier molecular flexibility index (Phi) is 6.37. The molecule has 1 aromatic carbocycles. The monoisotopic (exact) mass is 430 g/mol. The Bertz CT molecular complexity index is 874. The molecule has 0 saturated carbocycles. The number of methoxy groups -OCH3 is 1. The first kappa shape index (κ1) is 21.2. The predicted octanol–water partition coefficient (Wildman–Crippen LogP) is 3.42. The number of carbonyl (C=O) groups excluding carboxylic acids is 1. The van der Waals surface area contributed by atoms with Crippen molar-refractivity contribution in [1.29, 1.82) is 0 Å². The molecular formula is C23H31ClN4O2. The zero-order chi connectivity index (χ0) is 21.3. The Morgan fingerprint density at radius 2 is 1.80 bits per heavy atom. The van der Waals surface area contributed by atoms with Crippen molar-refractivity contribution in [3.8, 4) is 0 Å². The Morgan fingerprint density at radius 3 is 2.43 bits per heavy atom. The van der Waals surface area contributed by atoms with Gasteiger partial charge in [-0.05, 0) is 30.7 Å². The highest BCUT2D eigenvalue weighted by atomic mass is 35.5. The van der Waals surface area contributed by atoms with E-state index in [0.29, 0.717) is 6.54 Å². The lowest BCUT2D eigenvalue weighted by Crippen LogP contribution is -2.55. The van der Waals surface area contributed by atoms with Gasteiger partial charge in [0, 0.05) is 82.1 Å². The minimum atomic E-state index is -0.117. The molecule has 2 aromatic rings. The molecule has 30 heavy (non-hydrogen) atoms. The van der Waals surface area contributed by atoms with Gasteiger partial charge in [0.25, 0.3) is 5.91 Å². The maximum Gasteiger partial charge on any atom is 0.255 e. The first-order valence-electron chi connectivity index (χ1n) is 10.7. The Labute approximate surface area is 183 Å². The maximum atomic E-state index is 13.2. The van der Waals surface area contributed by atoms with E-state index in [2.05, 4.69) is 28.9 Å². The molecule has 0 spiro atoms. The summed E-state index contributed by atoms with van der Waals surface area (Å²) in [5, 5.41) is 0.762. The van der Waals surface area contributed by atoms with Gasteiger partial charge in [-0.2, -0.15) is 0 Å². The lowest BCUT2D eigenvalue weighted by molar-refractivity contribution is 0.000218. The summed E-state index contributed by atoms with van der Waals surface area (Å²) in [5.41, 5.74) is 2.99. The number of rotatable bonds is 5. The zero-order valence-corrected chi connectivity index (χ0v) is 18.8. The van der Waals surface area contributed by atoms with Crippen molar-refractivity contribution in [2.24, 2.45) is 7.05 Å². The third-order valence-corrected chi connectivity index (χ3v) is 6.54. The topological polar surface area (TPSA) is 41.0 Å². The summed E-state index contributed by atoms with van der Waals surface area (Å²) in [6.45, 7) is 7.34. The van der Waals surface area contributed by atoms with E-state index in [1.165, 1.54) is 5.69 Å². The summed E-state index contributed by atoms with van der Waals surface area (Å²) >= 11 is 6.04. The first-order chi connectivity index (χ1) is 14.5. The summed E-state index contributed by atoms with van der Waals surface area (Å²) in [6, 6.07) is 8.20. The molecule has 0 N–H and O–H groups in total. The molecule has 162 valence electrons. The lowest BCUT2D eigenvalue weighted by Gasteiger charge is -2.43. The highest BCUT2D eigenvalue weighted by Crippen LogP contribution is 2.33. The van der Waals surface area contributed by atoms with E-state index < -0.39 is 0 Å². The number of piperazine rings is 1.